The molecular formula is C18H21NOS. The molecule has 0 aliphatic rings. The maximum atomic E-state index is 6.12. The van der Waals surface area contributed by atoms with E-state index in [1.807, 2.05) is 49.4 Å². The summed E-state index contributed by atoms with van der Waals surface area (Å²) in [6.45, 7) is 4.02. The molecule has 1 atom stereocenters. The summed E-state index contributed by atoms with van der Waals surface area (Å²) >= 11 is 4.44. The fourth-order valence-corrected chi connectivity index (χ4v) is 2.38. The molecule has 2 aromatic rings. The van der Waals surface area contributed by atoms with E-state index in [0.717, 1.165) is 21.8 Å². The topological polar surface area (TPSA) is 35.2 Å². The third-order valence-corrected chi connectivity index (χ3v) is 3.73. The van der Waals surface area contributed by atoms with E-state index in [2.05, 4.69) is 31.7 Å². The molecule has 21 heavy (non-hydrogen) atoms. The van der Waals surface area contributed by atoms with Crippen LogP contribution in [0.4, 0.5) is 0 Å². The normalized spacial score (nSPS) is 13.0. The monoisotopic (exact) mass is 299 g/mol. The first kappa shape index (κ1) is 15.7. The van der Waals surface area contributed by atoms with Crippen LogP contribution in [0, 0.1) is 6.92 Å². The lowest BCUT2D eigenvalue weighted by atomic mass is 10.1. The van der Waals surface area contributed by atoms with Crippen LogP contribution in [0.15, 0.2) is 59.5 Å². The van der Waals surface area contributed by atoms with Gasteiger partial charge in [-0.25, -0.2) is 0 Å². The van der Waals surface area contributed by atoms with Crippen molar-refractivity contribution in [1.82, 2.24) is 0 Å². The predicted molar refractivity (Wildman–Crippen MR) is 91.3 cm³/mol. The molecule has 1 unspecified atom stereocenters. The van der Waals surface area contributed by atoms with Crippen LogP contribution in [0.1, 0.15) is 23.6 Å². The van der Waals surface area contributed by atoms with E-state index in [4.69, 9.17) is 10.5 Å². The van der Waals surface area contributed by atoms with Gasteiger partial charge in [0.1, 0.15) is 5.76 Å². The van der Waals surface area contributed by atoms with Gasteiger partial charge in [0.2, 0.25) is 0 Å². The summed E-state index contributed by atoms with van der Waals surface area (Å²) in [5.41, 5.74) is 9.48. The first-order chi connectivity index (χ1) is 10.1. The number of nitrogens with two attached hydrogens (primary N) is 1. The molecule has 0 bridgehead atoms. The SMILES string of the molecule is C/C=C(/OC(N)Cc1ccccc1S)c1ccc(C)cc1. The number of ether oxygens (including phenoxy) is 1. The quantitative estimate of drug-likeness (QED) is 0.493. The number of hydrogen-bond donors (Lipinski definition) is 2. The van der Waals surface area contributed by atoms with Gasteiger partial charge in [-0.2, -0.15) is 0 Å². The minimum Gasteiger partial charge on any atom is -0.475 e. The highest BCUT2D eigenvalue weighted by molar-refractivity contribution is 7.80. The van der Waals surface area contributed by atoms with E-state index in [-0.39, 0.29) is 0 Å². The van der Waals surface area contributed by atoms with Crippen molar-refractivity contribution in [3.05, 3.63) is 71.3 Å². The predicted octanol–water partition coefficient (Wildman–Crippen LogP) is 4.19. The molecule has 0 saturated carbocycles. The second-order valence-corrected chi connectivity index (χ2v) is 5.49. The Morgan fingerprint density at radius 3 is 2.48 bits per heavy atom. The highest BCUT2D eigenvalue weighted by Gasteiger charge is 2.10. The summed E-state index contributed by atoms with van der Waals surface area (Å²) in [6, 6.07) is 16.1. The van der Waals surface area contributed by atoms with Crippen molar-refractivity contribution in [1.29, 1.82) is 0 Å². The van der Waals surface area contributed by atoms with Crippen molar-refractivity contribution in [2.24, 2.45) is 5.73 Å². The molecule has 3 heteroatoms. The van der Waals surface area contributed by atoms with Crippen LogP contribution in [0.25, 0.3) is 5.76 Å². The Balaban J connectivity index is 2.05. The molecule has 0 saturated heterocycles. The Bertz CT molecular complexity index is 619. The molecule has 2 aromatic carbocycles. The summed E-state index contributed by atoms with van der Waals surface area (Å²) in [6.07, 6.45) is 2.17. The number of hydrogen-bond acceptors (Lipinski definition) is 3. The van der Waals surface area contributed by atoms with Gasteiger partial charge in [-0.05, 0) is 31.6 Å². The fraction of sp³-hybridized carbons (Fsp3) is 0.222. The molecule has 2 N–H and O–H groups in total. The van der Waals surface area contributed by atoms with E-state index in [0.29, 0.717) is 6.42 Å². The third-order valence-electron chi connectivity index (χ3n) is 3.29. The molecule has 0 fully saturated rings. The first-order valence-corrected chi connectivity index (χ1v) is 7.47. The van der Waals surface area contributed by atoms with Gasteiger partial charge in [-0.15, -0.1) is 12.6 Å². The van der Waals surface area contributed by atoms with Crippen LogP contribution in [-0.4, -0.2) is 6.23 Å². The molecular weight excluding hydrogens is 278 g/mol. The average Bonchev–Trinajstić information content (AvgIpc) is 2.48. The highest BCUT2D eigenvalue weighted by Crippen LogP contribution is 2.20. The van der Waals surface area contributed by atoms with E-state index >= 15 is 0 Å². The maximum absolute atomic E-state index is 6.12. The standard InChI is InChI=1S/C18H21NOS/c1-3-16(14-10-8-13(2)9-11-14)20-18(19)12-15-6-4-5-7-17(15)21/h3-11,18,21H,12,19H2,1-2H3/b16-3+. The van der Waals surface area contributed by atoms with Gasteiger partial charge in [0, 0.05) is 16.9 Å². The Morgan fingerprint density at radius 2 is 1.86 bits per heavy atom. The van der Waals surface area contributed by atoms with Crippen LogP contribution >= 0.6 is 12.6 Å². The molecule has 0 heterocycles. The maximum Gasteiger partial charge on any atom is 0.151 e. The summed E-state index contributed by atoms with van der Waals surface area (Å²) < 4.78 is 5.89. The van der Waals surface area contributed by atoms with Gasteiger partial charge >= 0.3 is 0 Å². The van der Waals surface area contributed by atoms with Crippen molar-refractivity contribution >= 4 is 18.4 Å². The minimum atomic E-state index is -0.397. The van der Waals surface area contributed by atoms with Crippen LogP contribution in [0.3, 0.4) is 0 Å². The van der Waals surface area contributed by atoms with Crippen molar-refractivity contribution in [2.75, 3.05) is 0 Å². The number of thiol groups is 1. The zero-order valence-electron chi connectivity index (χ0n) is 12.4. The summed E-state index contributed by atoms with van der Waals surface area (Å²) in [4.78, 5) is 0.939. The number of benzene rings is 2. The van der Waals surface area contributed by atoms with Gasteiger partial charge in [0.15, 0.2) is 6.23 Å². The highest BCUT2D eigenvalue weighted by atomic mass is 32.1. The van der Waals surface area contributed by atoms with Crippen molar-refractivity contribution in [2.45, 2.75) is 31.4 Å². The lowest BCUT2D eigenvalue weighted by Crippen LogP contribution is -2.26. The van der Waals surface area contributed by atoms with E-state index in [1.165, 1.54) is 5.56 Å². The van der Waals surface area contributed by atoms with Crippen molar-refractivity contribution in [3.63, 3.8) is 0 Å². The molecule has 2 rings (SSSR count). The summed E-state index contributed by atoms with van der Waals surface area (Å²) in [5, 5.41) is 0. The third kappa shape index (κ3) is 4.38. The molecule has 110 valence electrons. The van der Waals surface area contributed by atoms with Gasteiger partial charge in [-0.3, -0.25) is 5.73 Å². The van der Waals surface area contributed by atoms with Gasteiger partial charge in [-0.1, -0.05) is 48.0 Å². The number of allylic oxidation sites excluding steroid dienone is 1. The molecule has 0 amide bonds. The van der Waals surface area contributed by atoms with E-state index in [9.17, 15) is 0 Å². The van der Waals surface area contributed by atoms with E-state index < -0.39 is 6.23 Å². The molecule has 0 aliphatic carbocycles. The second-order valence-electron chi connectivity index (χ2n) is 5.01. The summed E-state index contributed by atoms with van der Waals surface area (Å²) in [7, 11) is 0. The fourth-order valence-electron chi connectivity index (χ4n) is 2.13. The molecule has 2 nitrogen and oxygen atoms in total. The Hall–Kier alpha value is -1.71. The average molecular weight is 299 g/mol. The molecule has 0 radical (unpaired) electrons. The molecule has 0 aromatic heterocycles. The van der Waals surface area contributed by atoms with Gasteiger partial charge in [0.25, 0.3) is 0 Å². The van der Waals surface area contributed by atoms with Crippen molar-refractivity contribution < 1.29 is 4.74 Å². The lowest BCUT2D eigenvalue weighted by molar-refractivity contribution is 0.173. The smallest absolute Gasteiger partial charge is 0.151 e. The minimum absolute atomic E-state index is 0.397. The number of aryl methyl sites for hydroxylation is 1. The van der Waals surface area contributed by atoms with Crippen LogP contribution in [0.5, 0.6) is 0 Å². The van der Waals surface area contributed by atoms with Crippen LogP contribution in [0.2, 0.25) is 0 Å². The Morgan fingerprint density at radius 1 is 1.19 bits per heavy atom. The van der Waals surface area contributed by atoms with Crippen LogP contribution < -0.4 is 5.73 Å². The van der Waals surface area contributed by atoms with E-state index in [1.54, 1.807) is 0 Å². The molecule has 0 spiro atoms. The Labute approximate surface area is 132 Å². The number of rotatable bonds is 5. The Kier molecular flexibility index (Phi) is 5.48. The first-order valence-electron chi connectivity index (χ1n) is 7.02. The lowest BCUT2D eigenvalue weighted by Gasteiger charge is -2.18. The molecule has 0 aliphatic heterocycles. The zero-order chi connectivity index (χ0) is 15.2. The second kappa shape index (κ2) is 7.34. The zero-order valence-corrected chi connectivity index (χ0v) is 13.3. The summed E-state index contributed by atoms with van der Waals surface area (Å²) in [5.74, 6) is 0.805. The van der Waals surface area contributed by atoms with Gasteiger partial charge in [0.05, 0.1) is 0 Å². The van der Waals surface area contributed by atoms with Crippen LogP contribution in [-0.2, 0) is 11.2 Å². The van der Waals surface area contributed by atoms with Crippen molar-refractivity contribution in [3.8, 4) is 0 Å². The van der Waals surface area contributed by atoms with Gasteiger partial charge < -0.3 is 4.74 Å². The largest absolute Gasteiger partial charge is 0.475 e.